The van der Waals surface area contributed by atoms with Gasteiger partial charge in [0.25, 0.3) is 0 Å². The number of anilines is 3. The van der Waals surface area contributed by atoms with Gasteiger partial charge in [-0.25, -0.2) is 0 Å². The van der Waals surface area contributed by atoms with Gasteiger partial charge in [0, 0.05) is 55.9 Å². The molecule has 0 amide bonds. The third-order valence-corrected chi connectivity index (χ3v) is 12.2. The van der Waals surface area contributed by atoms with Gasteiger partial charge in [0.15, 0.2) is 0 Å². The van der Waals surface area contributed by atoms with E-state index in [9.17, 15) is 0 Å². The Kier molecular flexibility index (Phi) is 7.67. The first-order chi connectivity index (χ1) is 29.2. The molecule has 3 heteroatoms. The van der Waals surface area contributed by atoms with Crippen molar-refractivity contribution >= 4 is 88.1 Å². The first kappa shape index (κ1) is 33.5. The second-order valence-corrected chi connectivity index (χ2v) is 15.6. The molecule has 59 heavy (non-hydrogen) atoms. The highest BCUT2D eigenvalue weighted by Gasteiger charge is 2.21. The zero-order chi connectivity index (χ0) is 38.9. The van der Waals surface area contributed by atoms with Crippen LogP contribution < -0.4 is 4.90 Å². The number of benzene rings is 9. The number of fused-ring (bicyclic) bond motifs is 9. The standard InChI is InChI=1S/C56H37NO2/c1-2-12-39-33-42(21-20-36(39)10-1)41-14-9-13-40(32-41)37-22-26-44(27-23-37)57(45-28-30-49-48-17-6-8-19-53(48)58-55(49)35-45)52-18-7-5-15-46(52)43-25-31-54-51(34-43)50-29-24-38-11-3-4-16-47(38)56(50)59-54/h1-12,14-35,40H,13H2. The van der Waals surface area contributed by atoms with Crippen molar-refractivity contribution in [3.63, 3.8) is 0 Å². The number of nitrogens with zero attached hydrogens (tertiary/aromatic N) is 1. The summed E-state index contributed by atoms with van der Waals surface area (Å²) in [5.74, 6) is 0.275. The highest BCUT2D eigenvalue weighted by atomic mass is 16.3. The lowest BCUT2D eigenvalue weighted by Crippen LogP contribution is -2.11. The van der Waals surface area contributed by atoms with Crippen LogP contribution in [0.25, 0.3) is 82.1 Å². The lowest BCUT2D eigenvalue weighted by Gasteiger charge is -2.28. The first-order valence-corrected chi connectivity index (χ1v) is 20.3. The van der Waals surface area contributed by atoms with Crippen LogP contribution in [0.3, 0.4) is 0 Å². The molecule has 0 spiro atoms. The molecule has 1 aliphatic carbocycles. The van der Waals surface area contributed by atoms with Gasteiger partial charge in [0.1, 0.15) is 22.3 Å². The average molecular weight is 756 g/mol. The normalized spacial score (nSPS) is 14.2. The molecule has 0 bridgehead atoms. The summed E-state index contributed by atoms with van der Waals surface area (Å²) < 4.78 is 13.0. The average Bonchev–Trinajstić information content (AvgIpc) is 3.87. The molecular weight excluding hydrogens is 719 g/mol. The van der Waals surface area contributed by atoms with Crippen molar-refractivity contribution in [1.82, 2.24) is 0 Å². The van der Waals surface area contributed by atoms with Gasteiger partial charge in [-0.2, -0.15) is 0 Å². The number of allylic oxidation sites excluding steroid dienone is 4. The SMILES string of the molecule is C1=CC(c2ccc3ccccc3c2)=CC(c2ccc(N(c3ccc4c(c3)oc3ccccc34)c3ccccc3-c3ccc4oc5c6ccccc6ccc5c4c3)cc2)C1. The molecule has 278 valence electrons. The van der Waals surface area contributed by atoms with Crippen LogP contribution in [0, 0.1) is 0 Å². The summed E-state index contributed by atoms with van der Waals surface area (Å²) in [6.45, 7) is 0. The molecule has 9 aromatic carbocycles. The lowest BCUT2D eigenvalue weighted by atomic mass is 9.87. The van der Waals surface area contributed by atoms with E-state index >= 15 is 0 Å². The van der Waals surface area contributed by atoms with Crippen LogP contribution >= 0.6 is 0 Å². The quantitative estimate of drug-likeness (QED) is 0.169. The number of hydrogen-bond acceptors (Lipinski definition) is 3. The fourth-order valence-electron chi connectivity index (χ4n) is 9.21. The molecule has 1 unspecified atom stereocenters. The molecule has 1 aliphatic rings. The molecule has 0 radical (unpaired) electrons. The predicted octanol–water partition coefficient (Wildman–Crippen LogP) is 16.1. The fourth-order valence-corrected chi connectivity index (χ4v) is 9.21. The second kappa shape index (κ2) is 13.5. The van der Waals surface area contributed by atoms with E-state index in [1.54, 1.807) is 0 Å². The van der Waals surface area contributed by atoms with E-state index in [4.69, 9.17) is 8.83 Å². The monoisotopic (exact) mass is 755 g/mol. The maximum atomic E-state index is 6.52. The van der Waals surface area contributed by atoms with E-state index in [1.807, 2.05) is 12.1 Å². The minimum atomic E-state index is 0.275. The lowest BCUT2D eigenvalue weighted by molar-refractivity contribution is 0.669. The van der Waals surface area contributed by atoms with Gasteiger partial charge in [0.05, 0.1) is 5.69 Å². The zero-order valence-electron chi connectivity index (χ0n) is 32.2. The maximum Gasteiger partial charge on any atom is 0.143 e. The minimum absolute atomic E-state index is 0.275. The molecule has 12 rings (SSSR count). The van der Waals surface area contributed by atoms with Crippen LogP contribution in [0.5, 0.6) is 0 Å². The Hall–Kier alpha value is -7.62. The molecule has 11 aromatic rings. The molecule has 2 heterocycles. The molecule has 3 nitrogen and oxygen atoms in total. The van der Waals surface area contributed by atoms with Crippen LogP contribution in [0.15, 0.2) is 215 Å². The number of hydrogen-bond donors (Lipinski definition) is 0. The van der Waals surface area contributed by atoms with Crippen molar-refractivity contribution < 1.29 is 8.83 Å². The van der Waals surface area contributed by atoms with E-state index in [-0.39, 0.29) is 5.92 Å². The van der Waals surface area contributed by atoms with Gasteiger partial charge in [-0.1, -0.05) is 140 Å². The maximum absolute atomic E-state index is 6.52. The molecule has 0 saturated carbocycles. The molecule has 0 N–H and O–H groups in total. The number of furan rings is 2. The van der Waals surface area contributed by atoms with Gasteiger partial charge in [-0.15, -0.1) is 0 Å². The van der Waals surface area contributed by atoms with Gasteiger partial charge in [-0.3, -0.25) is 0 Å². The van der Waals surface area contributed by atoms with E-state index in [1.165, 1.54) is 32.9 Å². The van der Waals surface area contributed by atoms with Crippen molar-refractivity contribution in [3.05, 3.63) is 217 Å². The van der Waals surface area contributed by atoms with Gasteiger partial charge < -0.3 is 13.7 Å². The largest absolute Gasteiger partial charge is 0.456 e. The summed E-state index contributed by atoms with van der Waals surface area (Å²) >= 11 is 0. The molecular formula is C56H37NO2. The van der Waals surface area contributed by atoms with Crippen LogP contribution in [-0.2, 0) is 0 Å². The van der Waals surface area contributed by atoms with Gasteiger partial charge in [-0.05, 0) is 106 Å². The smallest absolute Gasteiger partial charge is 0.143 e. The highest BCUT2D eigenvalue weighted by Crippen LogP contribution is 2.45. The van der Waals surface area contributed by atoms with Crippen molar-refractivity contribution in [2.24, 2.45) is 0 Å². The zero-order valence-corrected chi connectivity index (χ0v) is 32.2. The van der Waals surface area contributed by atoms with Gasteiger partial charge in [0.2, 0.25) is 0 Å². The molecule has 0 fully saturated rings. The summed E-state index contributed by atoms with van der Waals surface area (Å²) in [6.07, 6.45) is 7.98. The predicted molar refractivity (Wildman–Crippen MR) is 247 cm³/mol. The second-order valence-electron chi connectivity index (χ2n) is 15.6. The van der Waals surface area contributed by atoms with E-state index in [2.05, 4.69) is 199 Å². The Bertz CT molecular complexity index is 3490. The summed E-state index contributed by atoms with van der Waals surface area (Å²) in [4.78, 5) is 2.37. The summed E-state index contributed by atoms with van der Waals surface area (Å²) in [6, 6.07) is 67.5. The Balaban J connectivity index is 0.974. The summed E-state index contributed by atoms with van der Waals surface area (Å²) in [5.41, 5.74) is 12.8. The minimum Gasteiger partial charge on any atom is -0.456 e. The van der Waals surface area contributed by atoms with Gasteiger partial charge >= 0.3 is 0 Å². The molecule has 0 saturated heterocycles. The molecule has 1 atom stereocenters. The third-order valence-electron chi connectivity index (χ3n) is 12.2. The molecule has 2 aromatic heterocycles. The van der Waals surface area contributed by atoms with Crippen molar-refractivity contribution in [3.8, 4) is 11.1 Å². The Morgan fingerprint density at radius 3 is 2.05 bits per heavy atom. The van der Waals surface area contributed by atoms with E-state index < -0.39 is 0 Å². The van der Waals surface area contributed by atoms with Crippen LogP contribution in [0.4, 0.5) is 17.1 Å². The highest BCUT2D eigenvalue weighted by molar-refractivity contribution is 6.16. The van der Waals surface area contributed by atoms with Crippen LogP contribution in [-0.4, -0.2) is 0 Å². The third kappa shape index (κ3) is 5.66. The topological polar surface area (TPSA) is 29.5 Å². The Labute approximate surface area is 341 Å². The fraction of sp³-hybridized carbons (Fsp3) is 0.0357. The van der Waals surface area contributed by atoms with E-state index in [0.717, 1.165) is 83.9 Å². The first-order valence-electron chi connectivity index (χ1n) is 20.3. The van der Waals surface area contributed by atoms with Crippen LogP contribution in [0.1, 0.15) is 23.5 Å². The van der Waals surface area contributed by atoms with E-state index in [0.29, 0.717) is 0 Å². The van der Waals surface area contributed by atoms with Crippen molar-refractivity contribution in [2.45, 2.75) is 12.3 Å². The van der Waals surface area contributed by atoms with Crippen molar-refractivity contribution in [1.29, 1.82) is 0 Å². The Morgan fingerprint density at radius 1 is 0.441 bits per heavy atom. The molecule has 0 aliphatic heterocycles. The summed E-state index contributed by atoms with van der Waals surface area (Å²) in [7, 11) is 0. The number of rotatable bonds is 6. The number of para-hydroxylation sites is 2. The summed E-state index contributed by atoms with van der Waals surface area (Å²) in [5, 5.41) is 9.29. The Morgan fingerprint density at radius 2 is 1.14 bits per heavy atom. The van der Waals surface area contributed by atoms with Crippen molar-refractivity contribution in [2.75, 3.05) is 4.90 Å². The van der Waals surface area contributed by atoms with Crippen LogP contribution in [0.2, 0.25) is 0 Å².